The molecule has 0 spiro atoms. The number of nitrogens with zero attached hydrogens (tertiary/aromatic N) is 3. The van der Waals surface area contributed by atoms with Gasteiger partial charge in [-0.15, -0.1) is 0 Å². The molecule has 240 valence electrons. The van der Waals surface area contributed by atoms with Crippen molar-refractivity contribution in [1.82, 2.24) is 20.2 Å². The van der Waals surface area contributed by atoms with E-state index in [1.165, 1.54) is 51.9 Å². The van der Waals surface area contributed by atoms with Crippen molar-refractivity contribution in [3.8, 4) is 0 Å². The largest absolute Gasteiger partial charge is 0.343 e. The average Bonchev–Trinajstić information content (AvgIpc) is 3.36. The lowest BCUT2D eigenvalue weighted by molar-refractivity contribution is -0.130. The van der Waals surface area contributed by atoms with Gasteiger partial charge in [0.05, 0.1) is 11.4 Å². The number of carbonyl (C=O) groups is 1. The number of likely N-dealkylation sites (tertiary alicyclic amines) is 1. The lowest BCUT2D eigenvalue weighted by atomic mass is 9.76. The number of pyridine rings is 2. The van der Waals surface area contributed by atoms with E-state index in [9.17, 15) is 4.79 Å². The Morgan fingerprint density at radius 2 is 1.15 bits per heavy atom. The summed E-state index contributed by atoms with van der Waals surface area (Å²) >= 11 is 12.5. The number of carbonyl (C=O) groups excluding carboxylic acids is 1. The van der Waals surface area contributed by atoms with Gasteiger partial charge in [0.2, 0.25) is 5.91 Å². The molecule has 4 aliphatic rings. The van der Waals surface area contributed by atoms with Crippen molar-refractivity contribution in [3.05, 3.63) is 128 Å². The van der Waals surface area contributed by atoms with Crippen molar-refractivity contribution < 1.29 is 4.79 Å². The van der Waals surface area contributed by atoms with Gasteiger partial charge in [0.25, 0.3) is 0 Å². The van der Waals surface area contributed by atoms with Crippen LogP contribution in [0.5, 0.6) is 0 Å². The zero-order chi connectivity index (χ0) is 32.3. The number of rotatable bonds is 2. The molecular formula is C40H40Cl2N4O. The Bertz CT molecular complexity index is 1820. The maximum Gasteiger partial charge on any atom is 0.219 e. The number of aromatic nitrogens is 2. The number of hydrogen-bond acceptors (Lipinski definition) is 4. The predicted molar refractivity (Wildman–Crippen MR) is 193 cm³/mol. The third-order valence-electron chi connectivity index (χ3n) is 10.3. The van der Waals surface area contributed by atoms with Crippen LogP contribution < -0.4 is 5.32 Å². The fourth-order valence-electron chi connectivity index (χ4n) is 7.94. The van der Waals surface area contributed by atoms with Crippen molar-refractivity contribution in [2.45, 2.75) is 44.4 Å². The Hall–Kier alpha value is -3.77. The molecule has 0 radical (unpaired) electrons. The molecule has 8 rings (SSSR count). The first-order chi connectivity index (χ1) is 23.0. The van der Waals surface area contributed by atoms with E-state index in [1.54, 1.807) is 6.92 Å². The van der Waals surface area contributed by atoms with Gasteiger partial charge in [0, 0.05) is 54.3 Å². The van der Waals surface area contributed by atoms with Gasteiger partial charge in [-0.05, 0) is 120 Å². The summed E-state index contributed by atoms with van der Waals surface area (Å²) in [7, 11) is 0. The Labute approximate surface area is 287 Å². The van der Waals surface area contributed by atoms with Gasteiger partial charge in [-0.25, -0.2) is 0 Å². The molecule has 2 atom stereocenters. The topological polar surface area (TPSA) is 58.1 Å². The highest BCUT2D eigenvalue weighted by molar-refractivity contribution is 6.31. The molecule has 2 unspecified atom stereocenters. The van der Waals surface area contributed by atoms with E-state index in [4.69, 9.17) is 33.2 Å². The molecule has 5 nitrogen and oxygen atoms in total. The lowest BCUT2D eigenvalue weighted by Crippen LogP contribution is -2.38. The van der Waals surface area contributed by atoms with Crippen LogP contribution in [0.1, 0.15) is 89.2 Å². The van der Waals surface area contributed by atoms with Crippen LogP contribution >= 0.6 is 23.2 Å². The van der Waals surface area contributed by atoms with Crippen LogP contribution in [0.25, 0.3) is 24.3 Å². The number of amides is 1. The molecule has 2 aromatic heterocycles. The third kappa shape index (κ3) is 6.80. The third-order valence-corrected chi connectivity index (χ3v) is 10.8. The molecule has 47 heavy (non-hydrogen) atoms. The molecule has 0 saturated carbocycles. The van der Waals surface area contributed by atoms with Crippen LogP contribution in [0.3, 0.4) is 0 Å². The monoisotopic (exact) mass is 662 g/mol. The Morgan fingerprint density at radius 1 is 0.681 bits per heavy atom. The van der Waals surface area contributed by atoms with Gasteiger partial charge in [0.15, 0.2) is 0 Å². The second-order valence-corrected chi connectivity index (χ2v) is 13.9. The summed E-state index contributed by atoms with van der Waals surface area (Å²) in [6.07, 6.45) is 16.8. The first-order valence-electron chi connectivity index (χ1n) is 16.8. The van der Waals surface area contributed by atoms with Crippen LogP contribution in [0.4, 0.5) is 0 Å². The fraction of sp³-hybridized carbons (Fsp3) is 0.325. The molecule has 1 N–H and O–H groups in total. The number of nitrogens with one attached hydrogen (secondary N) is 1. The van der Waals surface area contributed by atoms with E-state index in [0.717, 1.165) is 54.8 Å². The van der Waals surface area contributed by atoms with E-state index in [-0.39, 0.29) is 11.8 Å². The fourth-order valence-corrected chi connectivity index (χ4v) is 8.30. The van der Waals surface area contributed by atoms with Crippen LogP contribution in [-0.2, 0) is 4.79 Å². The summed E-state index contributed by atoms with van der Waals surface area (Å²) in [5.41, 5.74) is 9.82. The number of halogens is 2. The minimum Gasteiger partial charge on any atom is -0.343 e. The highest BCUT2D eigenvalue weighted by Crippen LogP contribution is 2.44. The van der Waals surface area contributed by atoms with Crippen LogP contribution in [0.15, 0.2) is 73.1 Å². The standard InChI is InChI=1S/C21H21ClN2O.C19H19ClN2/c1-14(25)24-11-8-15(9-12-24)20-19-7-6-18(22)13-17(19)5-4-16-3-2-10-23-21(16)20;20-16-5-6-17-15(12-16)4-3-14-2-1-9-22-19(14)18(17)13-7-10-21-11-8-13/h2-7,10,13,15,20H,8-9,11-12H2,1H3;1-6,9,12-13,18,21H,7-8,10-11H2. The first kappa shape index (κ1) is 31.8. The molecule has 4 aromatic rings. The van der Waals surface area contributed by atoms with Crippen molar-refractivity contribution >= 4 is 53.4 Å². The van der Waals surface area contributed by atoms with Gasteiger partial charge in [-0.3, -0.25) is 14.8 Å². The number of hydrogen-bond donors (Lipinski definition) is 1. The molecule has 2 aliphatic carbocycles. The minimum absolute atomic E-state index is 0.173. The molecule has 2 aromatic carbocycles. The van der Waals surface area contributed by atoms with Crippen LogP contribution in [0, 0.1) is 11.8 Å². The Morgan fingerprint density at radius 3 is 1.64 bits per heavy atom. The van der Waals surface area contributed by atoms with E-state index >= 15 is 0 Å². The van der Waals surface area contributed by atoms with E-state index < -0.39 is 0 Å². The van der Waals surface area contributed by atoms with E-state index in [2.05, 4.69) is 60.0 Å². The summed E-state index contributed by atoms with van der Waals surface area (Å²) < 4.78 is 0. The van der Waals surface area contributed by atoms with Gasteiger partial charge >= 0.3 is 0 Å². The van der Waals surface area contributed by atoms with Crippen LogP contribution in [-0.4, -0.2) is 47.0 Å². The number of fused-ring (bicyclic) bond motifs is 4. The molecule has 7 heteroatoms. The van der Waals surface area contributed by atoms with Crippen molar-refractivity contribution in [3.63, 3.8) is 0 Å². The van der Waals surface area contributed by atoms with Gasteiger partial charge in [-0.1, -0.05) is 71.8 Å². The zero-order valence-electron chi connectivity index (χ0n) is 26.7. The average molecular weight is 664 g/mol. The summed E-state index contributed by atoms with van der Waals surface area (Å²) in [6.45, 7) is 5.51. The Kier molecular flexibility index (Phi) is 9.58. The first-order valence-corrected chi connectivity index (χ1v) is 17.5. The lowest BCUT2D eigenvalue weighted by Gasteiger charge is -2.36. The summed E-state index contributed by atoms with van der Waals surface area (Å²) in [5.74, 6) is 1.89. The minimum atomic E-state index is 0.173. The molecule has 4 heterocycles. The summed E-state index contributed by atoms with van der Waals surface area (Å²) in [4.78, 5) is 23.1. The molecular weight excluding hydrogens is 623 g/mol. The highest BCUT2D eigenvalue weighted by Gasteiger charge is 2.34. The molecule has 1 amide bonds. The van der Waals surface area contributed by atoms with Gasteiger partial charge < -0.3 is 10.2 Å². The second-order valence-electron chi connectivity index (χ2n) is 13.1. The maximum absolute atomic E-state index is 11.7. The van der Waals surface area contributed by atoms with Gasteiger partial charge in [-0.2, -0.15) is 0 Å². The van der Waals surface area contributed by atoms with Crippen molar-refractivity contribution in [1.29, 1.82) is 0 Å². The van der Waals surface area contributed by atoms with E-state index in [1.807, 2.05) is 47.6 Å². The number of benzene rings is 2. The zero-order valence-corrected chi connectivity index (χ0v) is 28.2. The van der Waals surface area contributed by atoms with Crippen molar-refractivity contribution in [2.75, 3.05) is 26.2 Å². The SMILES string of the molecule is CC(=O)N1CCC(C2c3ccc(Cl)cc3C=Cc3cccnc32)CC1.Clc1ccc2c(c1)C=Cc1cccnc1C2C1CCNCC1. The molecule has 2 fully saturated rings. The summed E-state index contributed by atoms with van der Waals surface area (Å²) in [5, 5.41) is 5.02. The quantitative estimate of drug-likeness (QED) is 0.233. The van der Waals surface area contributed by atoms with Gasteiger partial charge in [0.1, 0.15) is 0 Å². The molecule has 2 saturated heterocycles. The maximum atomic E-state index is 11.7. The Balaban J connectivity index is 0.000000151. The molecule has 0 bridgehead atoms. The number of piperidine rings is 2. The summed E-state index contributed by atoms with van der Waals surface area (Å²) in [6, 6.07) is 20.7. The molecule has 2 aliphatic heterocycles. The van der Waals surface area contributed by atoms with Crippen molar-refractivity contribution in [2.24, 2.45) is 11.8 Å². The smallest absolute Gasteiger partial charge is 0.219 e. The highest BCUT2D eigenvalue weighted by atomic mass is 35.5. The van der Waals surface area contributed by atoms with E-state index in [0.29, 0.717) is 17.8 Å². The van der Waals surface area contributed by atoms with Crippen LogP contribution in [0.2, 0.25) is 10.0 Å². The second kappa shape index (κ2) is 14.1. The predicted octanol–water partition coefficient (Wildman–Crippen LogP) is 8.96. The normalized spacial score (nSPS) is 20.4.